The topological polar surface area (TPSA) is 68.9 Å². The van der Waals surface area contributed by atoms with Crippen molar-refractivity contribution >= 4 is 41.7 Å². The fraction of sp³-hybridized carbons (Fsp3) is 0.917. The molecule has 3 N–H and O–H groups in total. The standard InChI is InChI=1S/C12H25N3O2S.HI/c1-10(8-16-2)15-11(13)14-9-12(18-3)4-6-17-7-5-12;/h10H,4-9H2,1-3H3,(H3,13,14,15);1H. The van der Waals surface area contributed by atoms with E-state index in [9.17, 15) is 0 Å². The lowest BCUT2D eigenvalue weighted by Gasteiger charge is -2.34. The Balaban J connectivity index is 0.00000324. The van der Waals surface area contributed by atoms with Crippen molar-refractivity contribution in [2.75, 3.05) is 39.7 Å². The van der Waals surface area contributed by atoms with E-state index < -0.39 is 0 Å². The molecule has 0 aromatic heterocycles. The molecule has 1 saturated heterocycles. The first-order valence-electron chi connectivity index (χ1n) is 6.30. The normalized spacial score (nSPS) is 20.5. The molecule has 5 nitrogen and oxygen atoms in total. The highest BCUT2D eigenvalue weighted by atomic mass is 127. The Morgan fingerprint density at radius 1 is 1.53 bits per heavy atom. The zero-order valence-electron chi connectivity index (χ0n) is 12.0. The van der Waals surface area contributed by atoms with Gasteiger partial charge in [-0.1, -0.05) is 0 Å². The van der Waals surface area contributed by atoms with Crippen LogP contribution in [0.2, 0.25) is 0 Å². The third kappa shape index (κ3) is 7.01. The molecule has 1 aliphatic rings. The van der Waals surface area contributed by atoms with E-state index in [0.29, 0.717) is 12.6 Å². The van der Waals surface area contributed by atoms with E-state index >= 15 is 0 Å². The third-order valence-electron chi connectivity index (χ3n) is 3.19. The van der Waals surface area contributed by atoms with Crippen LogP contribution in [0.5, 0.6) is 0 Å². The van der Waals surface area contributed by atoms with Gasteiger partial charge in [0.2, 0.25) is 0 Å². The Labute approximate surface area is 137 Å². The highest BCUT2D eigenvalue weighted by Gasteiger charge is 2.31. The molecule has 7 heteroatoms. The number of methoxy groups -OCH3 is 1. The van der Waals surface area contributed by atoms with Gasteiger partial charge in [0.25, 0.3) is 0 Å². The zero-order chi connectivity index (χ0) is 13.4. The van der Waals surface area contributed by atoms with Crippen LogP contribution in [-0.2, 0) is 9.47 Å². The number of ether oxygens (including phenoxy) is 2. The fourth-order valence-corrected chi connectivity index (χ4v) is 2.76. The lowest BCUT2D eigenvalue weighted by Crippen LogP contribution is -2.42. The van der Waals surface area contributed by atoms with Crippen molar-refractivity contribution in [3.05, 3.63) is 0 Å². The Morgan fingerprint density at radius 3 is 2.68 bits per heavy atom. The van der Waals surface area contributed by atoms with E-state index in [1.807, 2.05) is 18.7 Å². The fourth-order valence-electron chi connectivity index (χ4n) is 1.99. The molecule has 0 amide bonds. The molecule has 1 heterocycles. The molecule has 0 aliphatic carbocycles. The Morgan fingerprint density at radius 2 is 2.16 bits per heavy atom. The van der Waals surface area contributed by atoms with E-state index in [2.05, 4.69) is 16.6 Å². The summed E-state index contributed by atoms with van der Waals surface area (Å²) in [6.07, 6.45) is 4.22. The molecular weight excluding hydrogens is 377 g/mol. The van der Waals surface area contributed by atoms with Crippen LogP contribution < -0.4 is 11.1 Å². The van der Waals surface area contributed by atoms with Crippen LogP contribution >= 0.6 is 35.7 Å². The number of guanidine groups is 1. The zero-order valence-corrected chi connectivity index (χ0v) is 15.1. The predicted octanol–water partition coefficient (Wildman–Crippen LogP) is 1.46. The van der Waals surface area contributed by atoms with Crippen LogP contribution in [0.15, 0.2) is 4.99 Å². The van der Waals surface area contributed by atoms with Gasteiger partial charge < -0.3 is 20.5 Å². The number of thioether (sulfide) groups is 1. The first kappa shape index (κ1) is 19.3. The van der Waals surface area contributed by atoms with E-state index in [1.54, 1.807) is 7.11 Å². The van der Waals surface area contributed by atoms with E-state index in [0.717, 1.165) is 32.6 Å². The van der Waals surface area contributed by atoms with Crippen LogP contribution in [-0.4, -0.2) is 56.5 Å². The van der Waals surface area contributed by atoms with E-state index in [-0.39, 0.29) is 34.8 Å². The molecule has 19 heavy (non-hydrogen) atoms. The van der Waals surface area contributed by atoms with E-state index in [1.165, 1.54) is 0 Å². The molecule has 0 spiro atoms. The summed E-state index contributed by atoms with van der Waals surface area (Å²) in [5.74, 6) is 0.500. The van der Waals surface area contributed by atoms with Crippen molar-refractivity contribution in [2.45, 2.75) is 30.6 Å². The summed E-state index contributed by atoms with van der Waals surface area (Å²) in [7, 11) is 1.68. The number of nitrogens with one attached hydrogen (secondary N) is 1. The second kappa shape index (κ2) is 10.1. The second-order valence-corrected chi connectivity index (χ2v) is 5.98. The molecule has 0 radical (unpaired) electrons. The lowest BCUT2D eigenvalue weighted by molar-refractivity contribution is 0.0794. The summed E-state index contributed by atoms with van der Waals surface area (Å²) in [5, 5.41) is 3.12. The number of halogens is 1. The molecule has 0 aromatic carbocycles. The van der Waals surface area contributed by atoms with Gasteiger partial charge in [-0.25, -0.2) is 0 Å². The SMILES string of the molecule is COCC(C)NC(N)=NCC1(SC)CCOCC1.I. The van der Waals surface area contributed by atoms with Gasteiger partial charge >= 0.3 is 0 Å². The van der Waals surface area contributed by atoms with Crippen LogP contribution in [0.4, 0.5) is 0 Å². The first-order chi connectivity index (χ1) is 8.62. The second-order valence-electron chi connectivity index (χ2n) is 4.70. The van der Waals surface area contributed by atoms with Crippen LogP contribution in [0.25, 0.3) is 0 Å². The van der Waals surface area contributed by atoms with Crippen molar-refractivity contribution in [1.29, 1.82) is 0 Å². The van der Waals surface area contributed by atoms with Crippen LogP contribution in [0, 0.1) is 0 Å². The molecule has 0 saturated carbocycles. The smallest absolute Gasteiger partial charge is 0.188 e. The molecule has 1 aliphatic heterocycles. The van der Waals surface area contributed by atoms with Gasteiger partial charge in [-0.15, -0.1) is 24.0 Å². The van der Waals surface area contributed by atoms with Crippen molar-refractivity contribution < 1.29 is 9.47 Å². The number of nitrogens with zero attached hydrogens (tertiary/aromatic N) is 1. The van der Waals surface area contributed by atoms with Crippen molar-refractivity contribution in [1.82, 2.24) is 5.32 Å². The number of hydrogen-bond donors (Lipinski definition) is 2. The maximum absolute atomic E-state index is 5.88. The molecule has 0 bridgehead atoms. The largest absolute Gasteiger partial charge is 0.383 e. The maximum atomic E-state index is 5.88. The number of rotatable bonds is 6. The third-order valence-corrected chi connectivity index (χ3v) is 4.59. The molecule has 1 fully saturated rings. The van der Waals surface area contributed by atoms with Gasteiger partial charge in [-0.2, -0.15) is 11.8 Å². The van der Waals surface area contributed by atoms with Gasteiger partial charge in [0.15, 0.2) is 5.96 Å². The highest BCUT2D eigenvalue weighted by Crippen LogP contribution is 2.33. The number of hydrogen-bond acceptors (Lipinski definition) is 4. The summed E-state index contributed by atoms with van der Waals surface area (Å²) in [4.78, 5) is 4.46. The van der Waals surface area contributed by atoms with Crippen molar-refractivity contribution in [3.63, 3.8) is 0 Å². The average molecular weight is 403 g/mol. The van der Waals surface area contributed by atoms with Crippen molar-refractivity contribution in [2.24, 2.45) is 10.7 Å². The monoisotopic (exact) mass is 403 g/mol. The summed E-state index contributed by atoms with van der Waals surface area (Å²) < 4.78 is 10.6. The molecule has 0 aromatic rings. The first-order valence-corrected chi connectivity index (χ1v) is 7.52. The van der Waals surface area contributed by atoms with Crippen LogP contribution in [0.3, 0.4) is 0 Å². The number of nitrogens with two attached hydrogens (primary N) is 1. The highest BCUT2D eigenvalue weighted by molar-refractivity contribution is 14.0. The molecule has 1 atom stereocenters. The molecule has 1 rings (SSSR count). The Bertz CT molecular complexity index is 274. The van der Waals surface area contributed by atoms with Gasteiger partial charge in [-0.05, 0) is 26.0 Å². The minimum absolute atomic E-state index is 0. The molecular formula is C12H26IN3O2S. The molecule has 114 valence electrons. The predicted molar refractivity (Wildman–Crippen MR) is 92.7 cm³/mol. The Hall–Kier alpha value is 0.270. The Kier molecular flexibility index (Phi) is 10.2. The summed E-state index contributed by atoms with van der Waals surface area (Å²) in [5.41, 5.74) is 5.88. The average Bonchev–Trinajstić information content (AvgIpc) is 2.38. The number of aliphatic imine (C=N–C) groups is 1. The molecule has 1 unspecified atom stereocenters. The quantitative estimate of drug-likeness (QED) is 0.399. The van der Waals surface area contributed by atoms with Gasteiger partial charge in [0.1, 0.15) is 0 Å². The van der Waals surface area contributed by atoms with Crippen molar-refractivity contribution in [3.8, 4) is 0 Å². The summed E-state index contributed by atoms with van der Waals surface area (Å²) in [6.45, 7) is 5.03. The summed E-state index contributed by atoms with van der Waals surface area (Å²) >= 11 is 1.87. The minimum atomic E-state index is 0. The van der Waals surface area contributed by atoms with Gasteiger partial charge in [0, 0.05) is 31.1 Å². The van der Waals surface area contributed by atoms with Gasteiger partial charge in [0.05, 0.1) is 13.2 Å². The van der Waals surface area contributed by atoms with Crippen LogP contribution in [0.1, 0.15) is 19.8 Å². The van der Waals surface area contributed by atoms with Gasteiger partial charge in [-0.3, -0.25) is 4.99 Å². The minimum Gasteiger partial charge on any atom is -0.383 e. The summed E-state index contributed by atoms with van der Waals surface area (Å²) in [6, 6.07) is 0.179. The maximum Gasteiger partial charge on any atom is 0.188 e. The van der Waals surface area contributed by atoms with E-state index in [4.69, 9.17) is 15.2 Å². The lowest BCUT2D eigenvalue weighted by atomic mass is 9.99.